The van der Waals surface area contributed by atoms with Crippen LogP contribution in [0.1, 0.15) is 47.6 Å². The number of anilines is 1. The molecule has 0 bridgehead atoms. The maximum absolute atomic E-state index is 12.6. The summed E-state index contributed by atoms with van der Waals surface area (Å²) >= 11 is 3.45. The molecule has 1 aliphatic rings. The Morgan fingerprint density at radius 1 is 1.12 bits per heavy atom. The Kier molecular flexibility index (Phi) is 6.09. The standard InChI is InChI=1S/C21H22BrNO3/c1-26-21(25)15-8-6-14(7-9-15)20(18-4-2-3-5-19(18)24)23-17-12-10-16(22)11-13-17/h6-13,18,20,23H,2-5H2,1H3. The molecule has 0 amide bonds. The highest BCUT2D eigenvalue weighted by molar-refractivity contribution is 9.10. The van der Waals surface area contributed by atoms with Crippen LogP contribution in [0.25, 0.3) is 0 Å². The van der Waals surface area contributed by atoms with E-state index in [1.807, 2.05) is 36.4 Å². The summed E-state index contributed by atoms with van der Waals surface area (Å²) < 4.78 is 5.77. The summed E-state index contributed by atoms with van der Waals surface area (Å²) in [6.07, 6.45) is 3.56. The van der Waals surface area contributed by atoms with Crippen molar-refractivity contribution in [2.45, 2.75) is 31.7 Å². The first-order chi connectivity index (χ1) is 12.6. The number of hydrogen-bond acceptors (Lipinski definition) is 4. The quantitative estimate of drug-likeness (QED) is 0.686. The zero-order chi connectivity index (χ0) is 18.5. The SMILES string of the molecule is COC(=O)c1ccc(C(Nc2ccc(Br)cc2)C2CCCCC2=O)cc1. The van der Waals surface area contributed by atoms with Gasteiger partial charge in [0.15, 0.2) is 0 Å². The van der Waals surface area contributed by atoms with Gasteiger partial charge < -0.3 is 10.1 Å². The molecule has 0 heterocycles. The van der Waals surface area contributed by atoms with E-state index in [0.717, 1.165) is 35.0 Å². The van der Waals surface area contributed by atoms with E-state index in [1.54, 1.807) is 12.1 Å². The lowest BCUT2D eigenvalue weighted by atomic mass is 9.80. The second kappa shape index (κ2) is 8.49. The molecule has 1 saturated carbocycles. The van der Waals surface area contributed by atoms with E-state index >= 15 is 0 Å². The van der Waals surface area contributed by atoms with Gasteiger partial charge in [-0.05, 0) is 54.8 Å². The Morgan fingerprint density at radius 2 is 1.81 bits per heavy atom. The fourth-order valence-electron chi connectivity index (χ4n) is 3.45. The zero-order valence-electron chi connectivity index (χ0n) is 14.7. The molecule has 0 radical (unpaired) electrons. The molecule has 2 aromatic carbocycles. The average molecular weight is 416 g/mol. The number of esters is 1. The number of methoxy groups -OCH3 is 1. The molecule has 4 nitrogen and oxygen atoms in total. The fraction of sp³-hybridized carbons (Fsp3) is 0.333. The lowest BCUT2D eigenvalue weighted by molar-refractivity contribution is -0.125. The summed E-state index contributed by atoms with van der Waals surface area (Å²) in [5.41, 5.74) is 2.48. The molecule has 5 heteroatoms. The third-order valence-electron chi connectivity index (χ3n) is 4.86. The summed E-state index contributed by atoms with van der Waals surface area (Å²) in [5.74, 6) is -0.109. The molecule has 136 valence electrons. The smallest absolute Gasteiger partial charge is 0.337 e. The number of ether oxygens (including phenoxy) is 1. The summed E-state index contributed by atoms with van der Waals surface area (Å²) in [6.45, 7) is 0. The average Bonchev–Trinajstić information content (AvgIpc) is 2.68. The van der Waals surface area contributed by atoms with E-state index in [0.29, 0.717) is 17.8 Å². The number of rotatable bonds is 5. The van der Waals surface area contributed by atoms with Gasteiger partial charge in [-0.25, -0.2) is 4.79 Å². The highest BCUT2D eigenvalue weighted by Gasteiger charge is 2.31. The van der Waals surface area contributed by atoms with Gasteiger partial charge in [-0.1, -0.05) is 34.5 Å². The second-order valence-electron chi connectivity index (χ2n) is 6.56. The minimum absolute atomic E-state index is 0.0589. The van der Waals surface area contributed by atoms with Crippen molar-refractivity contribution in [1.82, 2.24) is 0 Å². The molecule has 0 aromatic heterocycles. The summed E-state index contributed by atoms with van der Waals surface area (Å²) in [4.78, 5) is 24.2. The lowest BCUT2D eigenvalue weighted by Crippen LogP contribution is -2.30. The maximum atomic E-state index is 12.6. The zero-order valence-corrected chi connectivity index (χ0v) is 16.3. The number of hydrogen-bond donors (Lipinski definition) is 1. The van der Waals surface area contributed by atoms with Crippen molar-refractivity contribution >= 4 is 33.4 Å². The van der Waals surface area contributed by atoms with Crippen LogP contribution in [-0.2, 0) is 9.53 Å². The van der Waals surface area contributed by atoms with Crippen molar-refractivity contribution in [2.24, 2.45) is 5.92 Å². The van der Waals surface area contributed by atoms with E-state index in [9.17, 15) is 9.59 Å². The molecule has 1 N–H and O–H groups in total. The van der Waals surface area contributed by atoms with Gasteiger partial charge in [-0.2, -0.15) is 0 Å². The highest BCUT2D eigenvalue weighted by Crippen LogP contribution is 2.35. The molecule has 0 spiro atoms. The minimum Gasteiger partial charge on any atom is -0.465 e. The molecule has 1 fully saturated rings. The predicted octanol–water partition coefficient (Wildman–Crippen LogP) is 5.15. The van der Waals surface area contributed by atoms with Crippen LogP contribution in [0.5, 0.6) is 0 Å². The van der Waals surface area contributed by atoms with Gasteiger partial charge in [0.2, 0.25) is 0 Å². The molecular formula is C21H22BrNO3. The largest absolute Gasteiger partial charge is 0.465 e. The minimum atomic E-state index is -0.359. The van der Waals surface area contributed by atoms with Gasteiger partial charge in [0.05, 0.1) is 18.7 Å². The first kappa shape index (κ1) is 18.6. The summed E-state index contributed by atoms with van der Waals surface area (Å²) in [5, 5.41) is 3.53. The molecule has 0 aliphatic heterocycles. The van der Waals surface area contributed by atoms with E-state index in [-0.39, 0.29) is 17.9 Å². The van der Waals surface area contributed by atoms with Crippen molar-refractivity contribution in [3.05, 3.63) is 64.1 Å². The Labute approximate surface area is 162 Å². The van der Waals surface area contributed by atoms with Gasteiger partial charge >= 0.3 is 5.97 Å². The topological polar surface area (TPSA) is 55.4 Å². The van der Waals surface area contributed by atoms with Crippen LogP contribution in [-0.4, -0.2) is 18.9 Å². The highest BCUT2D eigenvalue weighted by atomic mass is 79.9. The van der Waals surface area contributed by atoms with Gasteiger partial charge in [0, 0.05) is 22.5 Å². The fourth-order valence-corrected chi connectivity index (χ4v) is 3.71. The number of carbonyl (C=O) groups excluding carboxylic acids is 2. The number of nitrogens with one attached hydrogen (secondary N) is 1. The molecule has 26 heavy (non-hydrogen) atoms. The number of benzene rings is 2. The van der Waals surface area contributed by atoms with Crippen molar-refractivity contribution in [3.8, 4) is 0 Å². The van der Waals surface area contributed by atoms with Crippen LogP contribution in [0.2, 0.25) is 0 Å². The van der Waals surface area contributed by atoms with Crippen LogP contribution in [0.15, 0.2) is 53.0 Å². The molecule has 2 aromatic rings. The Balaban J connectivity index is 1.90. The van der Waals surface area contributed by atoms with Crippen LogP contribution in [0, 0.1) is 5.92 Å². The van der Waals surface area contributed by atoms with Gasteiger partial charge in [0.25, 0.3) is 0 Å². The number of carbonyl (C=O) groups is 2. The van der Waals surface area contributed by atoms with E-state index in [1.165, 1.54) is 7.11 Å². The third-order valence-corrected chi connectivity index (χ3v) is 5.39. The van der Waals surface area contributed by atoms with Gasteiger partial charge in [0.1, 0.15) is 5.78 Å². The van der Waals surface area contributed by atoms with E-state index < -0.39 is 0 Å². The lowest BCUT2D eigenvalue weighted by Gasteiger charge is -2.31. The van der Waals surface area contributed by atoms with Crippen LogP contribution < -0.4 is 5.32 Å². The van der Waals surface area contributed by atoms with Crippen molar-refractivity contribution in [1.29, 1.82) is 0 Å². The Hall–Kier alpha value is -2.14. The van der Waals surface area contributed by atoms with Crippen molar-refractivity contribution in [2.75, 3.05) is 12.4 Å². The Morgan fingerprint density at radius 3 is 2.42 bits per heavy atom. The second-order valence-corrected chi connectivity index (χ2v) is 7.48. The van der Waals surface area contributed by atoms with Crippen LogP contribution >= 0.6 is 15.9 Å². The van der Waals surface area contributed by atoms with Gasteiger partial charge in [-0.3, -0.25) is 4.79 Å². The number of Topliss-reactive ketones (excluding diaryl/α,β-unsaturated/α-hetero) is 1. The van der Waals surface area contributed by atoms with Crippen LogP contribution in [0.3, 0.4) is 0 Å². The van der Waals surface area contributed by atoms with Gasteiger partial charge in [-0.15, -0.1) is 0 Å². The maximum Gasteiger partial charge on any atom is 0.337 e. The predicted molar refractivity (Wildman–Crippen MR) is 105 cm³/mol. The first-order valence-electron chi connectivity index (χ1n) is 8.81. The normalized spacial score (nSPS) is 18.2. The molecule has 2 atom stereocenters. The molecule has 1 aliphatic carbocycles. The molecule has 2 unspecified atom stereocenters. The number of ketones is 1. The summed E-state index contributed by atoms with van der Waals surface area (Å²) in [6, 6.07) is 15.1. The first-order valence-corrected chi connectivity index (χ1v) is 9.61. The van der Waals surface area contributed by atoms with Crippen molar-refractivity contribution < 1.29 is 14.3 Å². The number of halogens is 1. The molecule has 0 saturated heterocycles. The van der Waals surface area contributed by atoms with E-state index in [4.69, 9.17) is 4.74 Å². The summed E-state index contributed by atoms with van der Waals surface area (Å²) in [7, 11) is 1.37. The molecular weight excluding hydrogens is 394 g/mol. The molecule has 3 rings (SSSR count). The monoisotopic (exact) mass is 415 g/mol. The Bertz CT molecular complexity index is 771. The van der Waals surface area contributed by atoms with Crippen LogP contribution in [0.4, 0.5) is 5.69 Å². The van der Waals surface area contributed by atoms with Crippen molar-refractivity contribution in [3.63, 3.8) is 0 Å². The van der Waals surface area contributed by atoms with E-state index in [2.05, 4.69) is 21.2 Å². The third kappa shape index (κ3) is 4.33.